The van der Waals surface area contributed by atoms with Gasteiger partial charge >= 0.3 is 0 Å². The first-order valence-electron chi connectivity index (χ1n) is 9.05. The fourth-order valence-corrected chi connectivity index (χ4v) is 3.23. The van der Waals surface area contributed by atoms with Crippen LogP contribution in [0.5, 0.6) is 0 Å². The molecule has 1 aliphatic rings. The monoisotopic (exact) mass is 364 g/mol. The van der Waals surface area contributed by atoms with Gasteiger partial charge in [-0.2, -0.15) is 5.26 Å². The lowest BCUT2D eigenvalue weighted by Gasteiger charge is -2.32. The number of nitrogens with one attached hydrogen (secondary N) is 2. The van der Waals surface area contributed by atoms with Crippen molar-refractivity contribution in [1.29, 1.82) is 5.26 Å². The highest BCUT2D eigenvalue weighted by Crippen LogP contribution is 2.24. The van der Waals surface area contributed by atoms with E-state index in [4.69, 9.17) is 0 Å². The summed E-state index contributed by atoms with van der Waals surface area (Å²) in [6, 6.07) is 6.26. The number of hydrogen-bond donors (Lipinski definition) is 2. The molecule has 0 bridgehead atoms. The molecule has 0 spiro atoms. The Labute approximate surface area is 159 Å². The molecule has 2 N–H and O–H groups in total. The largest absolute Gasteiger partial charge is 0.322 e. The SMILES string of the molecule is Cc1ncc(C(=O)Nc2cc(C#N)cc(CN3CCNC(C)C3)c2C)cn1. The minimum atomic E-state index is -0.282. The Morgan fingerprint density at radius 3 is 2.78 bits per heavy atom. The number of amides is 1. The molecule has 0 saturated carbocycles. The van der Waals surface area contributed by atoms with Crippen molar-refractivity contribution < 1.29 is 4.79 Å². The molecule has 2 aromatic rings. The van der Waals surface area contributed by atoms with Gasteiger partial charge in [0.2, 0.25) is 0 Å². The number of aromatic nitrogens is 2. The van der Waals surface area contributed by atoms with E-state index in [1.165, 1.54) is 12.4 Å². The molecule has 1 unspecified atom stereocenters. The highest BCUT2D eigenvalue weighted by molar-refractivity contribution is 6.04. The minimum Gasteiger partial charge on any atom is -0.322 e. The van der Waals surface area contributed by atoms with E-state index >= 15 is 0 Å². The van der Waals surface area contributed by atoms with Gasteiger partial charge in [0.15, 0.2) is 0 Å². The van der Waals surface area contributed by atoms with Crippen LogP contribution in [0, 0.1) is 25.2 Å². The van der Waals surface area contributed by atoms with Crippen molar-refractivity contribution in [2.24, 2.45) is 0 Å². The predicted molar refractivity (Wildman–Crippen MR) is 103 cm³/mol. The molecule has 1 atom stereocenters. The second-order valence-corrected chi connectivity index (χ2v) is 6.98. The van der Waals surface area contributed by atoms with Crippen molar-refractivity contribution in [3.8, 4) is 6.07 Å². The number of anilines is 1. The molecular weight excluding hydrogens is 340 g/mol. The zero-order valence-electron chi connectivity index (χ0n) is 15.9. The molecule has 7 nitrogen and oxygen atoms in total. The molecule has 1 aliphatic heterocycles. The maximum Gasteiger partial charge on any atom is 0.258 e. The topological polar surface area (TPSA) is 93.9 Å². The van der Waals surface area contributed by atoms with E-state index in [2.05, 4.69) is 38.5 Å². The number of aryl methyl sites for hydroxylation is 1. The van der Waals surface area contributed by atoms with Crippen molar-refractivity contribution in [3.63, 3.8) is 0 Å². The van der Waals surface area contributed by atoms with Crippen LogP contribution in [0.2, 0.25) is 0 Å². The van der Waals surface area contributed by atoms with Crippen molar-refractivity contribution in [3.05, 3.63) is 52.6 Å². The van der Waals surface area contributed by atoms with Gasteiger partial charge in [-0.1, -0.05) is 0 Å². The van der Waals surface area contributed by atoms with Crippen molar-refractivity contribution in [2.45, 2.75) is 33.4 Å². The van der Waals surface area contributed by atoms with Crippen LogP contribution >= 0.6 is 0 Å². The first kappa shape index (κ1) is 19.0. The molecule has 2 heterocycles. The van der Waals surface area contributed by atoms with Crippen LogP contribution < -0.4 is 10.6 Å². The molecule has 1 aromatic heterocycles. The van der Waals surface area contributed by atoms with Crippen molar-refractivity contribution in [1.82, 2.24) is 20.2 Å². The number of rotatable bonds is 4. The van der Waals surface area contributed by atoms with Gasteiger partial charge in [0.25, 0.3) is 5.91 Å². The number of benzene rings is 1. The summed E-state index contributed by atoms with van der Waals surface area (Å²) in [4.78, 5) is 23.0. The Morgan fingerprint density at radius 1 is 1.37 bits per heavy atom. The van der Waals surface area contributed by atoms with Crippen LogP contribution in [0.15, 0.2) is 24.5 Å². The third-order valence-electron chi connectivity index (χ3n) is 4.78. The summed E-state index contributed by atoms with van der Waals surface area (Å²) < 4.78 is 0. The zero-order valence-corrected chi connectivity index (χ0v) is 15.9. The molecule has 27 heavy (non-hydrogen) atoms. The van der Waals surface area contributed by atoms with E-state index in [1.54, 1.807) is 13.0 Å². The van der Waals surface area contributed by atoms with Crippen LogP contribution in [0.25, 0.3) is 0 Å². The third-order valence-corrected chi connectivity index (χ3v) is 4.78. The maximum atomic E-state index is 12.5. The fraction of sp³-hybridized carbons (Fsp3) is 0.400. The average Bonchev–Trinajstić information content (AvgIpc) is 2.65. The molecular formula is C20H24N6O. The molecule has 1 aromatic carbocycles. The first-order chi connectivity index (χ1) is 13.0. The van der Waals surface area contributed by atoms with Gasteiger partial charge < -0.3 is 10.6 Å². The normalized spacial score (nSPS) is 17.3. The molecule has 1 amide bonds. The number of hydrogen-bond acceptors (Lipinski definition) is 6. The molecule has 140 valence electrons. The summed E-state index contributed by atoms with van der Waals surface area (Å²) in [6.07, 6.45) is 3.01. The fourth-order valence-electron chi connectivity index (χ4n) is 3.23. The lowest BCUT2D eigenvalue weighted by molar-refractivity contribution is 0.102. The Balaban J connectivity index is 1.83. The summed E-state index contributed by atoms with van der Waals surface area (Å²) >= 11 is 0. The van der Waals surface area contributed by atoms with Crippen molar-refractivity contribution >= 4 is 11.6 Å². The Morgan fingerprint density at radius 2 is 2.11 bits per heavy atom. The van der Waals surface area contributed by atoms with Gasteiger partial charge in [-0.25, -0.2) is 9.97 Å². The van der Waals surface area contributed by atoms with Gasteiger partial charge in [0, 0.05) is 50.3 Å². The number of carbonyl (C=O) groups excluding carboxylic acids is 1. The highest BCUT2D eigenvalue weighted by atomic mass is 16.1. The Bertz CT molecular complexity index is 871. The Hall–Kier alpha value is -2.82. The van der Waals surface area contributed by atoms with Crippen LogP contribution in [-0.4, -0.2) is 46.5 Å². The van der Waals surface area contributed by atoms with E-state index in [1.807, 2.05) is 13.0 Å². The Kier molecular flexibility index (Phi) is 5.79. The maximum absolute atomic E-state index is 12.5. The van der Waals surface area contributed by atoms with Crippen LogP contribution in [-0.2, 0) is 6.54 Å². The molecule has 0 aliphatic carbocycles. The number of piperazine rings is 1. The van der Waals surface area contributed by atoms with Gasteiger partial charge in [0.1, 0.15) is 5.82 Å². The number of carbonyl (C=O) groups is 1. The lowest BCUT2D eigenvalue weighted by atomic mass is 10.0. The van der Waals surface area contributed by atoms with E-state index in [0.29, 0.717) is 28.7 Å². The van der Waals surface area contributed by atoms with Crippen molar-refractivity contribution in [2.75, 3.05) is 25.0 Å². The third kappa shape index (κ3) is 4.67. The summed E-state index contributed by atoms with van der Waals surface area (Å²) in [5.41, 5.74) is 3.60. The van der Waals surface area contributed by atoms with E-state index < -0.39 is 0 Å². The zero-order chi connectivity index (χ0) is 19.4. The van der Waals surface area contributed by atoms with Gasteiger partial charge in [-0.3, -0.25) is 9.69 Å². The van der Waals surface area contributed by atoms with Crippen LogP contribution in [0.1, 0.15) is 39.8 Å². The molecule has 1 saturated heterocycles. The van der Waals surface area contributed by atoms with Gasteiger partial charge in [-0.05, 0) is 44.0 Å². The molecule has 1 fully saturated rings. The summed E-state index contributed by atoms with van der Waals surface area (Å²) in [7, 11) is 0. The lowest BCUT2D eigenvalue weighted by Crippen LogP contribution is -2.48. The number of nitrogens with zero attached hydrogens (tertiary/aromatic N) is 4. The van der Waals surface area contributed by atoms with E-state index in [9.17, 15) is 10.1 Å². The summed E-state index contributed by atoms with van der Waals surface area (Å²) in [5, 5.41) is 15.7. The summed E-state index contributed by atoms with van der Waals surface area (Å²) in [6.45, 7) is 9.54. The minimum absolute atomic E-state index is 0.282. The quantitative estimate of drug-likeness (QED) is 0.862. The second-order valence-electron chi connectivity index (χ2n) is 6.98. The molecule has 7 heteroatoms. The average molecular weight is 364 g/mol. The summed E-state index contributed by atoms with van der Waals surface area (Å²) in [5.74, 6) is 0.330. The van der Waals surface area contributed by atoms with E-state index in [0.717, 1.165) is 37.3 Å². The second kappa shape index (κ2) is 8.25. The molecule has 3 rings (SSSR count). The van der Waals surface area contributed by atoms with Crippen LogP contribution in [0.4, 0.5) is 5.69 Å². The van der Waals surface area contributed by atoms with E-state index in [-0.39, 0.29) is 5.91 Å². The van der Waals surface area contributed by atoms with Gasteiger partial charge in [-0.15, -0.1) is 0 Å². The highest BCUT2D eigenvalue weighted by Gasteiger charge is 2.18. The standard InChI is InChI=1S/C20H24N6O/c1-13-11-26(5-4-22-13)12-17-6-16(8-21)7-19(14(17)2)25-20(27)18-9-23-15(3)24-10-18/h6-7,9-10,13,22H,4-5,11-12H2,1-3H3,(H,25,27). The van der Waals surface area contributed by atoms with Crippen LogP contribution in [0.3, 0.4) is 0 Å². The smallest absolute Gasteiger partial charge is 0.258 e. The van der Waals surface area contributed by atoms with Gasteiger partial charge in [0.05, 0.1) is 17.2 Å². The predicted octanol–water partition coefficient (Wildman–Crippen LogP) is 2.01. The molecule has 0 radical (unpaired) electrons. The first-order valence-corrected chi connectivity index (χ1v) is 9.05. The number of nitriles is 1.